The lowest BCUT2D eigenvalue weighted by molar-refractivity contribution is -0.122. The summed E-state index contributed by atoms with van der Waals surface area (Å²) in [5, 5.41) is 31.5. The molecule has 0 rings (SSSR count). The van der Waals surface area contributed by atoms with Gasteiger partial charge in [0.1, 0.15) is 0 Å². The zero-order valence-corrected chi connectivity index (χ0v) is 27.4. The number of hydrogen-bond acceptors (Lipinski definition) is 4. The van der Waals surface area contributed by atoms with Crippen LogP contribution in [-0.4, -0.2) is 46.6 Å². The first kappa shape index (κ1) is 40.8. The Labute approximate surface area is 264 Å². The van der Waals surface area contributed by atoms with Gasteiger partial charge in [-0.3, -0.25) is 4.79 Å². The molecule has 0 bridgehead atoms. The number of nitrogens with one attached hydrogen (secondary N) is 1. The third-order valence-corrected chi connectivity index (χ3v) is 7.19. The van der Waals surface area contributed by atoms with Crippen LogP contribution in [0.15, 0.2) is 72.9 Å². The molecule has 5 heteroatoms. The summed E-state index contributed by atoms with van der Waals surface area (Å²) >= 11 is 0. The van der Waals surface area contributed by atoms with Crippen LogP contribution in [0.25, 0.3) is 0 Å². The molecular weight excluding hydrogens is 534 g/mol. The molecule has 0 heterocycles. The summed E-state index contributed by atoms with van der Waals surface area (Å²) in [6.07, 6.45) is 45.6. The van der Waals surface area contributed by atoms with Gasteiger partial charge in [-0.1, -0.05) is 118 Å². The lowest BCUT2D eigenvalue weighted by Gasteiger charge is -2.19. The van der Waals surface area contributed by atoms with Gasteiger partial charge in [0.15, 0.2) is 0 Å². The van der Waals surface area contributed by atoms with Gasteiger partial charge in [0.05, 0.1) is 18.8 Å². The van der Waals surface area contributed by atoms with Gasteiger partial charge in [-0.25, -0.2) is 0 Å². The van der Waals surface area contributed by atoms with E-state index >= 15 is 0 Å². The Morgan fingerprint density at radius 1 is 0.581 bits per heavy atom. The molecule has 0 saturated carbocycles. The van der Waals surface area contributed by atoms with Crippen molar-refractivity contribution in [3.05, 3.63) is 72.9 Å². The lowest BCUT2D eigenvalue weighted by atomic mass is 10.1. The molecule has 2 atom stereocenters. The molecule has 246 valence electrons. The predicted molar refractivity (Wildman–Crippen MR) is 185 cm³/mol. The van der Waals surface area contributed by atoms with Gasteiger partial charge in [0, 0.05) is 13.0 Å². The smallest absolute Gasteiger partial charge is 0.220 e. The third-order valence-electron chi connectivity index (χ3n) is 7.19. The van der Waals surface area contributed by atoms with Gasteiger partial charge in [0.2, 0.25) is 5.91 Å². The van der Waals surface area contributed by atoms with E-state index in [0.29, 0.717) is 13.0 Å². The van der Waals surface area contributed by atoms with Crippen molar-refractivity contribution in [2.45, 2.75) is 147 Å². The number of carbonyl (C=O) groups is 1. The Kier molecular flexibility index (Phi) is 32.5. The average molecular weight is 600 g/mol. The first-order valence-corrected chi connectivity index (χ1v) is 17.3. The minimum absolute atomic E-state index is 0.135. The topological polar surface area (TPSA) is 89.8 Å². The maximum Gasteiger partial charge on any atom is 0.220 e. The lowest BCUT2D eigenvalue weighted by Crippen LogP contribution is -2.45. The molecule has 0 aromatic heterocycles. The number of aliphatic hydroxyl groups excluding tert-OH is 3. The van der Waals surface area contributed by atoms with Gasteiger partial charge in [-0.05, 0) is 83.5 Å². The van der Waals surface area contributed by atoms with E-state index in [1.54, 1.807) is 6.08 Å². The molecule has 5 nitrogen and oxygen atoms in total. The van der Waals surface area contributed by atoms with E-state index in [1.807, 2.05) is 6.08 Å². The minimum Gasteiger partial charge on any atom is -0.396 e. The van der Waals surface area contributed by atoms with Crippen LogP contribution in [0.2, 0.25) is 0 Å². The Morgan fingerprint density at radius 3 is 1.56 bits per heavy atom. The fourth-order valence-corrected chi connectivity index (χ4v) is 4.50. The molecule has 0 spiro atoms. The van der Waals surface area contributed by atoms with Crippen LogP contribution in [-0.2, 0) is 4.79 Å². The molecule has 0 aromatic rings. The summed E-state index contributed by atoms with van der Waals surface area (Å²) in [5.41, 5.74) is 0. The van der Waals surface area contributed by atoms with Crippen LogP contribution < -0.4 is 5.32 Å². The number of hydrogen-bond donors (Lipinski definition) is 4. The summed E-state index contributed by atoms with van der Waals surface area (Å²) in [4.78, 5) is 12.3. The molecule has 0 aliphatic rings. The van der Waals surface area contributed by atoms with E-state index in [1.165, 1.54) is 51.4 Å². The molecule has 0 saturated heterocycles. The highest BCUT2D eigenvalue weighted by atomic mass is 16.3. The van der Waals surface area contributed by atoms with Gasteiger partial charge in [-0.2, -0.15) is 0 Å². The largest absolute Gasteiger partial charge is 0.396 e. The quantitative estimate of drug-likeness (QED) is 0.0490. The Bertz CT molecular complexity index is 781. The van der Waals surface area contributed by atoms with E-state index in [2.05, 4.69) is 73.0 Å². The van der Waals surface area contributed by atoms with Crippen molar-refractivity contribution in [1.29, 1.82) is 0 Å². The van der Waals surface area contributed by atoms with Crippen molar-refractivity contribution in [2.75, 3.05) is 13.2 Å². The summed E-state index contributed by atoms with van der Waals surface area (Å²) in [5.74, 6) is -0.135. The normalized spacial score (nSPS) is 14.0. The van der Waals surface area contributed by atoms with E-state index in [0.717, 1.165) is 70.6 Å². The summed E-state index contributed by atoms with van der Waals surface area (Å²) in [6, 6.07) is -0.664. The minimum atomic E-state index is -0.875. The second kappa shape index (κ2) is 34.3. The highest BCUT2D eigenvalue weighted by Gasteiger charge is 2.17. The molecular formula is C38H65NO4. The van der Waals surface area contributed by atoms with Crippen molar-refractivity contribution >= 4 is 5.91 Å². The number of amides is 1. The Hall–Kier alpha value is -2.21. The van der Waals surface area contributed by atoms with Crippen LogP contribution in [0.1, 0.15) is 135 Å². The van der Waals surface area contributed by atoms with E-state index in [9.17, 15) is 15.0 Å². The first-order chi connectivity index (χ1) is 21.2. The molecule has 0 aromatic carbocycles. The van der Waals surface area contributed by atoms with Gasteiger partial charge in [-0.15, -0.1) is 0 Å². The fourth-order valence-electron chi connectivity index (χ4n) is 4.50. The number of aliphatic hydroxyl groups is 3. The zero-order chi connectivity index (χ0) is 31.5. The maximum atomic E-state index is 12.3. The first-order valence-electron chi connectivity index (χ1n) is 17.3. The summed E-state index contributed by atoms with van der Waals surface area (Å²) in [6.45, 7) is 2.22. The van der Waals surface area contributed by atoms with Crippen LogP contribution in [0.5, 0.6) is 0 Å². The monoisotopic (exact) mass is 599 g/mol. The molecule has 0 radical (unpaired) electrons. The highest BCUT2D eigenvalue weighted by molar-refractivity contribution is 5.76. The van der Waals surface area contributed by atoms with Crippen molar-refractivity contribution in [3.8, 4) is 0 Å². The second-order valence-electron chi connectivity index (χ2n) is 11.3. The molecule has 0 fully saturated rings. The van der Waals surface area contributed by atoms with Crippen LogP contribution in [0, 0.1) is 0 Å². The van der Waals surface area contributed by atoms with Gasteiger partial charge in [0.25, 0.3) is 0 Å². The van der Waals surface area contributed by atoms with E-state index in [4.69, 9.17) is 5.11 Å². The number of unbranched alkanes of at least 4 members (excludes halogenated alkanes) is 12. The Balaban J connectivity index is 3.81. The van der Waals surface area contributed by atoms with Crippen molar-refractivity contribution in [2.24, 2.45) is 0 Å². The van der Waals surface area contributed by atoms with Gasteiger partial charge < -0.3 is 20.6 Å². The van der Waals surface area contributed by atoms with Crippen molar-refractivity contribution < 1.29 is 20.1 Å². The number of rotatable bonds is 30. The van der Waals surface area contributed by atoms with E-state index < -0.39 is 12.1 Å². The zero-order valence-electron chi connectivity index (χ0n) is 27.4. The molecule has 43 heavy (non-hydrogen) atoms. The molecule has 0 aliphatic heterocycles. The fraction of sp³-hybridized carbons (Fsp3) is 0.658. The maximum absolute atomic E-state index is 12.3. The molecule has 4 N–H and O–H groups in total. The third kappa shape index (κ3) is 31.0. The number of allylic oxidation sites excluding steroid dienone is 11. The molecule has 0 aliphatic carbocycles. The SMILES string of the molecule is CCC/C=C\CCCCCCCC/C=C/[C@@H](O)[C@H](CO)NC(=O)CCC/C=C\C/C=C\C/C=C\C/C=C\CCCCCO. The summed E-state index contributed by atoms with van der Waals surface area (Å²) in [7, 11) is 0. The number of carbonyl (C=O) groups excluding carboxylic acids is 1. The van der Waals surface area contributed by atoms with Crippen molar-refractivity contribution in [3.63, 3.8) is 0 Å². The van der Waals surface area contributed by atoms with Crippen LogP contribution >= 0.6 is 0 Å². The molecule has 1 amide bonds. The standard InChI is InChI=1S/C38H65NO4/c1-2-3-4-5-6-7-8-14-17-20-23-26-29-32-37(42)36(35-41)39-38(43)33-30-27-24-21-18-15-12-10-9-11-13-16-19-22-25-28-31-34-40/h4-5,9,11-12,15-16,19,21,24,29,32,36-37,40-42H,2-3,6-8,10,13-14,17-18,20,22-23,25-28,30-31,33-35H2,1H3,(H,39,43)/b5-4-,11-9-,15-12-,19-16-,24-21-,32-29+/t36-,37+/m0/s1. The molecule has 0 unspecified atom stereocenters. The van der Waals surface area contributed by atoms with E-state index in [-0.39, 0.29) is 12.5 Å². The van der Waals surface area contributed by atoms with Crippen molar-refractivity contribution in [1.82, 2.24) is 5.32 Å². The van der Waals surface area contributed by atoms with Crippen LogP contribution in [0.3, 0.4) is 0 Å². The average Bonchev–Trinajstić information content (AvgIpc) is 3.01. The Morgan fingerprint density at radius 2 is 1.02 bits per heavy atom. The highest BCUT2D eigenvalue weighted by Crippen LogP contribution is 2.10. The van der Waals surface area contributed by atoms with Gasteiger partial charge >= 0.3 is 0 Å². The van der Waals surface area contributed by atoms with Crippen LogP contribution in [0.4, 0.5) is 0 Å². The summed E-state index contributed by atoms with van der Waals surface area (Å²) < 4.78 is 0. The predicted octanol–water partition coefficient (Wildman–Crippen LogP) is 8.98. The second-order valence-corrected chi connectivity index (χ2v) is 11.3.